The molecule has 6 nitrogen and oxygen atoms in total. The molecule has 0 unspecified atom stereocenters. The minimum absolute atomic E-state index is 0.0575. The molecule has 10 heteroatoms. The molecule has 0 amide bonds. The second kappa shape index (κ2) is 7.75. The van der Waals surface area contributed by atoms with Gasteiger partial charge in [-0.05, 0) is 49.7 Å². The first kappa shape index (κ1) is 20.7. The largest absolute Gasteiger partial charge is 0.462 e. The number of ether oxygens (including phenoxy) is 1. The van der Waals surface area contributed by atoms with Crippen LogP contribution in [0.15, 0.2) is 47.5 Å². The third-order valence-electron chi connectivity index (χ3n) is 4.13. The number of carbonyl (C=O) groups is 1. The van der Waals surface area contributed by atoms with Gasteiger partial charge in [0.05, 0.1) is 18.5 Å². The average molecular weight is 426 g/mol. The predicted molar refractivity (Wildman–Crippen MR) is 99.9 cm³/mol. The van der Waals surface area contributed by atoms with Gasteiger partial charge in [0.1, 0.15) is 10.6 Å². The van der Waals surface area contributed by atoms with Crippen LogP contribution in [-0.2, 0) is 10.9 Å². The van der Waals surface area contributed by atoms with Gasteiger partial charge in [-0.1, -0.05) is 11.6 Å². The summed E-state index contributed by atoms with van der Waals surface area (Å²) in [5.74, 6) is -1.11. The third kappa shape index (κ3) is 3.91. The monoisotopic (exact) mass is 425 g/mol. The standard InChI is InChI=1S/C19H15ClF3N3O3/c1-3-29-18(28)14-10-24-26(16(14)19(21,22)23)13-6-4-12(5-7-13)25-9-8-11(2)15(20)17(25)27/h4-10H,3H2,1-2H3. The number of halogens is 4. The van der Waals surface area contributed by atoms with E-state index in [0.29, 0.717) is 15.9 Å². The molecule has 2 heterocycles. The fraction of sp³-hybridized carbons (Fsp3) is 0.211. The molecule has 0 fully saturated rings. The lowest BCUT2D eigenvalue weighted by molar-refractivity contribution is -0.143. The summed E-state index contributed by atoms with van der Waals surface area (Å²) in [5, 5.41) is 3.77. The van der Waals surface area contributed by atoms with Crippen LogP contribution in [0.2, 0.25) is 5.02 Å². The summed E-state index contributed by atoms with van der Waals surface area (Å²) in [6, 6.07) is 7.26. The highest BCUT2D eigenvalue weighted by Gasteiger charge is 2.41. The Kier molecular flexibility index (Phi) is 5.52. The van der Waals surface area contributed by atoms with Gasteiger partial charge < -0.3 is 4.74 Å². The van der Waals surface area contributed by atoms with Crippen molar-refractivity contribution in [2.24, 2.45) is 0 Å². The van der Waals surface area contributed by atoms with Crippen molar-refractivity contribution in [1.29, 1.82) is 0 Å². The van der Waals surface area contributed by atoms with Crippen molar-refractivity contribution in [3.05, 3.63) is 74.9 Å². The molecule has 0 N–H and O–H groups in total. The van der Waals surface area contributed by atoms with E-state index in [-0.39, 0.29) is 17.3 Å². The number of alkyl halides is 3. The molecular weight excluding hydrogens is 411 g/mol. The first-order valence-electron chi connectivity index (χ1n) is 8.46. The summed E-state index contributed by atoms with van der Waals surface area (Å²) < 4.78 is 47.3. The molecule has 3 aromatic rings. The van der Waals surface area contributed by atoms with E-state index >= 15 is 0 Å². The molecule has 0 aliphatic heterocycles. The quantitative estimate of drug-likeness (QED) is 0.588. The van der Waals surface area contributed by atoms with Crippen LogP contribution in [0, 0.1) is 6.92 Å². The normalized spacial score (nSPS) is 11.5. The number of hydrogen-bond acceptors (Lipinski definition) is 4. The number of hydrogen-bond donors (Lipinski definition) is 0. The van der Waals surface area contributed by atoms with Crippen molar-refractivity contribution in [3.8, 4) is 11.4 Å². The van der Waals surface area contributed by atoms with Crippen molar-refractivity contribution in [1.82, 2.24) is 14.3 Å². The van der Waals surface area contributed by atoms with Crippen LogP contribution in [0.5, 0.6) is 0 Å². The smallest absolute Gasteiger partial charge is 0.434 e. The Hall–Kier alpha value is -3.07. The van der Waals surface area contributed by atoms with Gasteiger partial charge in [0, 0.05) is 11.9 Å². The molecule has 1 aromatic carbocycles. The van der Waals surface area contributed by atoms with Gasteiger partial charge in [0.15, 0.2) is 5.69 Å². The van der Waals surface area contributed by atoms with Crippen LogP contribution in [0.4, 0.5) is 13.2 Å². The third-order valence-corrected chi connectivity index (χ3v) is 4.59. The minimum atomic E-state index is -4.83. The van der Waals surface area contributed by atoms with E-state index in [9.17, 15) is 22.8 Å². The van der Waals surface area contributed by atoms with Crippen molar-refractivity contribution in [2.45, 2.75) is 20.0 Å². The Morgan fingerprint density at radius 1 is 1.17 bits per heavy atom. The first-order chi connectivity index (χ1) is 13.6. The van der Waals surface area contributed by atoms with Gasteiger partial charge in [-0.3, -0.25) is 9.36 Å². The zero-order valence-corrected chi connectivity index (χ0v) is 16.1. The Morgan fingerprint density at radius 3 is 2.38 bits per heavy atom. The predicted octanol–water partition coefficient (Wildman–Crippen LogP) is 4.18. The molecule has 0 radical (unpaired) electrons. The number of rotatable bonds is 4. The van der Waals surface area contributed by atoms with Crippen LogP contribution in [0.25, 0.3) is 11.4 Å². The van der Waals surface area contributed by atoms with Crippen LogP contribution in [-0.4, -0.2) is 26.9 Å². The maximum Gasteiger partial charge on any atom is 0.434 e. The van der Waals surface area contributed by atoms with E-state index in [2.05, 4.69) is 9.84 Å². The molecule has 0 saturated heterocycles. The average Bonchev–Trinajstić information content (AvgIpc) is 3.12. The Morgan fingerprint density at radius 2 is 1.79 bits per heavy atom. The highest BCUT2D eigenvalue weighted by molar-refractivity contribution is 6.31. The first-order valence-corrected chi connectivity index (χ1v) is 8.83. The number of aromatic nitrogens is 3. The van der Waals surface area contributed by atoms with Crippen molar-refractivity contribution < 1.29 is 22.7 Å². The van der Waals surface area contributed by atoms with Gasteiger partial charge in [0.2, 0.25) is 0 Å². The van der Waals surface area contributed by atoms with Crippen LogP contribution in [0.3, 0.4) is 0 Å². The zero-order valence-electron chi connectivity index (χ0n) is 15.3. The van der Waals surface area contributed by atoms with Crippen molar-refractivity contribution in [3.63, 3.8) is 0 Å². The number of carbonyl (C=O) groups excluding carboxylic acids is 1. The zero-order chi connectivity index (χ0) is 21.3. The second-order valence-electron chi connectivity index (χ2n) is 6.04. The molecule has 0 aliphatic rings. The SMILES string of the molecule is CCOC(=O)c1cnn(-c2ccc(-n3ccc(C)c(Cl)c3=O)cc2)c1C(F)(F)F. The highest BCUT2D eigenvalue weighted by Crippen LogP contribution is 2.34. The topological polar surface area (TPSA) is 66.1 Å². The van der Waals surface area contributed by atoms with Crippen LogP contribution >= 0.6 is 11.6 Å². The van der Waals surface area contributed by atoms with Gasteiger partial charge in [0.25, 0.3) is 5.56 Å². The van der Waals surface area contributed by atoms with E-state index in [1.165, 1.54) is 42.0 Å². The number of benzene rings is 1. The Labute approximate surface area is 168 Å². The summed E-state index contributed by atoms with van der Waals surface area (Å²) in [7, 11) is 0. The lowest BCUT2D eigenvalue weighted by Gasteiger charge is -2.13. The maximum absolute atomic E-state index is 13.6. The summed E-state index contributed by atoms with van der Waals surface area (Å²) >= 11 is 5.97. The summed E-state index contributed by atoms with van der Waals surface area (Å²) in [4.78, 5) is 24.2. The highest BCUT2D eigenvalue weighted by atomic mass is 35.5. The molecule has 152 valence electrons. The van der Waals surface area contributed by atoms with E-state index < -0.39 is 29.0 Å². The molecule has 0 saturated carbocycles. The molecule has 0 aliphatic carbocycles. The lowest BCUT2D eigenvalue weighted by Crippen LogP contribution is -2.19. The van der Waals surface area contributed by atoms with Gasteiger partial charge in [-0.25, -0.2) is 9.48 Å². The second-order valence-corrected chi connectivity index (χ2v) is 6.42. The maximum atomic E-state index is 13.6. The van der Waals surface area contributed by atoms with E-state index in [4.69, 9.17) is 11.6 Å². The molecular formula is C19H15ClF3N3O3. The molecule has 0 bridgehead atoms. The molecule has 29 heavy (non-hydrogen) atoms. The molecule has 3 rings (SSSR count). The minimum Gasteiger partial charge on any atom is -0.462 e. The van der Waals surface area contributed by atoms with Crippen LogP contribution in [0.1, 0.15) is 28.5 Å². The summed E-state index contributed by atoms with van der Waals surface area (Å²) in [5.41, 5.74) is -1.28. The van der Waals surface area contributed by atoms with Crippen molar-refractivity contribution in [2.75, 3.05) is 6.61 Å². The Balaban J connectivity index is 2.06. The molecule has 0 spiro atoms. The van der Waals surface area contributed by atoms with E-state index in [1.807, 2.05) is 0 Å². The summed E-state index contributed by atoms with van der Waals surface area (Å²) in [6.45, 7) is 3.12. The molecule has 2 aromatic heterocycles. The number of esters is 1. The number of aryl methyl sites for hydroxylation is 1. The number of pyridine rings is 1. The van der Waals surface area contributed by atoms with Gasteiger partial charge in [-0.15, -0.1) is 0 Å². The lowest BCUT2D eigenvalue weighted by atomic mass is 10.2. The fourth-order valence-corrected chi connectivity index (χ4v) is 2.89. The van der Waals surface area contributed by atoms with Crippen LogP contribution < -0.4 is 5.56 Å². The Bertz CT molecular complexity index is 1120. The summed E-state index contributed by atoms with van der Waals surface area (Å²) in [6.07, 6.45) is -2.50. The van der Waals surface area contributed by atoms with Gasteiger partial charge >= 0.3 is 12.1 Å². The van der Waals surface area contributed by atoms with E-state index in [1.54, 1.807) is 13.0 Å². The molecule has 0 atom stereocenters. The van der Waals surface area contributed by atoms with Crippen molar-refractivity contribution >= 4 is 17.6 Å². The number of nitrogens with zero attached hydrogens (tertiary/aromatic N) is 3. The van der Waals surface area contributed by atoms with Gasteiger partial charge in [-0.2, -0.15) is 18.3 Å². The van der Waals surface area contributed by atoms with E-state index in [0.717, 1.165) is 6.20 Å². The fourth-order valence-electron chi connectivity index (χ4n) is 2.73.